The molecule has 0 bridgehead atoms. The number of ether oxygens (including phenoxy) is 1. The third kappa shape index (κ3) is 4.89. The summed E-state index contributed by atoms with van der Waals surface area (Å²) < 4.78 is 5.56. The van der Waals surface area contributed by atoms with Crippen molar-refractivity contribution in [1.29, 1.82) is 0 Å². The van der Waals surface area contributed by atoms with Crippen molar-refractivity contribution in [3.05, 3.63) is 20.3 Å². The van der Waals surface area contributed by atoms with Crippen molar-refractivity contribution in [2.45, 2.75) is 32.4 Å². The minimum absolute atomic E-state index is 0.216. The molecule has 0 saturated carbocycles. The first-order valence-corrected chi connectivity index (χ1v) is 6.84. The summed E-state index contributed by atoms with van der Waals surface area (Å²) in [5, 5.41) is 11.4. The Bertz CT molecular complexity index is 495. The average Bonchev–Trinajstić information content (AvgIpc) is 2.51. The highest BCUT2D eigenvalue weighted by Gasteiger charge is 2.28. The molecule has 1 aromatic rings. The number of nitrogens with one attached hydrogen (secondary N) is 1. The molecule has 0 radical (unpaired) electrons. The van der Waals surface area contributed by atoms with E-state index in [1.54, 1.807) is 20.8 Å². The Morgan fingerprint density at radius 2 is 2.00 bits per heavy atom. The van der Waals surface area contributed by atoms with E-state index in [4.69, 9.17) is 33.0 Å². The van der Waals surface area contributed by atoms with Crippen LogP contribution in [-0.4, -0.2) is 22.8 Å². The number of hydrogen-bond donors (Lipinski definition) is 2. The number of carbonyl (C=O) groups excluding carboxylic acids is 1. The van der Waals surface area contributed by atoms with Crippen molar-refractivity contribution in [3.63, 3.8) is 0 Å². The number of alkyl carbamates (subject to hydrolysis) is 1. The number of carbonyl (C=O) groups is 2. The first kappa shape index (κ1) is 16.1. The summed E-state index contributed by atoms with van der Waals surface area (Å²) in [6.45, 7) is 5.03. The van der Waals surface area contributed by atoms with Crippen LogP contribution in [0.5, 0.6) is 0 Å². The molecule has 0 spiro atoms. The van der Waals surface area contributed by atoms with Crippen LogP contribution >= 0.6 is 34.5 Å². The van der Waals surface area contributed by atoms with Gasteiger partial charge >= 0.3 is 12.1 Å². The Hall–Kier alpha value is -0.980. The topological polar surface area (TPSA) is 75.6 Å². The Morgan fingerprint density at radius 3 is 2.37 bits per heavy atom. The molecule has 1 atom stereocenters. The van der Waals surface area contributed by atoms with Crippen LogP contribution in [0.2, 0.25) is 8.67 Å². The van der Waals surface area contributed by atoms with Crippen LogP contribution in [0, 0.1) is 0 Å². The van der Waals surface area contributed by atoms with Crippen LogP contribution in [-0.2, 0) is 9.53 Å². The molecular formula is C11H13Cl2NO4S. The van der Waals surface area contributed by atoms with Crippen LogP contribution in [0.15, 0.2) is 6.07 Å². The normalized spacial score (nSPS) is 12.9. The molecule has 0 aliphatic heterocycles. The standard InChI is InChI=1S/C11H13Cl2NO4S/c1-11(2,3)18-10(17)14-7(9(15)16)5-4-6(12)19-8(5)13/h4,7H,1-3H3,(H,14,17)(H,15,16). The summed E-state index contributed by atoms with van der Waals surface area (Å²) in [5.74, 6) is -1.25. The summed E-state index contributed by atoms with van der Waals surface area (Å²) in [4.78, 5) is 22.8. The maximum absolute atomic E-state index is 11.6. The zero-order valence-corrected chi connectivity index (χ0v) is 12.8. The number of aliphatic carboxylic acids is 1. The fraction of sp³-hybridized carbons (Fsp3) is 0.455. The van der Waals surface area contributed by atoms with Gasteiger partial charge in [-0.15, -0.1) is 11.3 Å². The zero-order chi connectivity index (χ0) is 14.8. The third-order valence-corrected chi connectivity index (χ3v) is 3.42. The van der Waals surface area contributed by atoms with Crippen molar-refractivity contribution < 1.29 is 19.4 Å². The molecule has 1 unspecified atom stereocenters. The molecule has 5 nitrogen and oxygen atoms in total. The summed E-state index contributed by atoms with van der Waals surface area (Å²) in [7, 11) is 0. The van der Waals surface area contributed by atoms with Gasteiger partial charge in [0.1, 0.15) is 9.94 Å². The Labute approximate surface area is 124 Å². The molecular weight excluding hydrogens is 313 g/mol. The maximum Gasteiger partial charge on any atom is 0.408 e. The first-order chi connectivity index (χ1) is 8.60. The third-order valence-electron chi connectivity index (χ3n) is 1.90. The van der Waals surface area contributed by atoms with Crippen molar-refractivity contribution in [2.75, 3.05) is 0 Å². The summed E-state index contributed by atoms with van der Waals surface area (Å²) >= 11 is 12.7. The summed E-state index contributed by atoms with van der Waals surface area (Å²) in [5.41, 5.74) is -0.488. The van der Waals surface area contributed by atoms with E-state index in [1.165, 1.54) is 6.07 Å². The molecule has 8 heteroatoms. The van der Waals surface area contributed by atoms with Gasteiger partial charge in [0.05, 0.1) is 4.34 Å². The minimum Gasteiger partial charge on any atom is -0.479 e. The SMILES string of the molecule is CC(C)(C)OC(=O)NC(C(=O)O)c1cc(Cl)sc1Cl. The van der Waals surface area contributed by atoms with Crippen LogP contribution in [0.4, 0.5) is 4.79 Å². The van der Waals surface area contributed by atoms with Gasteiger partial charge in [0.15, 0.2) is 6.04 Å². The quantitative estimate of drug-likeness (QED) is 0.888. The van der Waals surface area contributed by atoms with Crippen molar-refractivity contribution in [3.8, 4) is 0 Å². The minimum atomic E-state index is -1.30. The van der Waals surface area contributed by atoms with Gasteiger partial charge in [-0.25, -0.2) is 9.59 Å². The number of thiophene rings is 1. The van der Waals surface area contributed by atoms with Crippen LogP contribution < -0.4 is 5.32 Å². The van der Waals surface area contributed by atoms with E-state index in [0.29, 0.717) is 4.34 Å². The lowest BCUT2D eigenvalue weighted by atomic mass is 10.1. The number of carboxylic acids is 1. The maximum atomic E-state index is 11.6. The molecule has 106 valence electrons. The molecule has 1 rings (SSSR count). The highest BCUT2D eigenvalue weighted by molar-refractivity contribution is 7.20. The number of hydrogen-bond acceptors (Lipinski definition) is 4. The van der Waals surface area contributed by atoms with Gasteiger partial charge < -0.3 is 15.2 Å². The lowest BCUT2D eigenvalue weighted by molar-refractivity contribution is -0.139. The Kier molecular flexibility index (Phi) is 5.06. The second kappa shape index (κ2) is 5.98. The van der Waals surface area contributed by atoms with E-state index >= 15 is 0 Å². The molecule has 0 aliphatic carbocycles. The Balaban J connectivity index is 2.89. The van der Waals surface area contributed by atoms with E-state index in [2.05, 4.69) is 5.32 Å². The van der Waals surface area contributed by atoms with Crippen LogP contribution in [0.3, 0.4) is 0 Å². The van der Waals surface area contributed by atoms with Gasteiger partial charge in [0.2, 0.25) is 0 Å². The van der Waals surface area contributed by atoms with Gasteiger partial charge in [-0.1, -0.05) is 23.2 Å². The van der Waals surface area contributed by atoms with Crippen molar-refractivity contribution in [2.24, 2.45) is 0 Å². The van der Waals surface area contributed by atoms with E-state index in [-0.39, 0.29) is 9.90 Å². The monoisotopic (exact) mass is 325 g/mol. The van der Waals surface area contributed by atoms with E-state index in [1.807, 2.05) is 0 Å². The second-order valence-electron chi connectivity index (χ2n) is 4.70. The van der Waals surface area contributed by atoms with E-state index < -0.39 is 23.7 Å². The predicted molar refractivity (Wildman–Crippen MR) is 74.1 cm³/mol. The zero-order valence-electron chi connectivity index (χ0n) is 10.5. The molecule has 0 aliphatic rings. The lowest BCUT2D eigenvalue weighted by Crippen LogP contribution is -2.38. The van der Waals surface area contributed by atoms with Gasteiger partial charge in [-0.05, 0) is 26.8 Å². The van der Waals surface area contributed by atoms with Gasteiger partial charge in [-0.2, -0.15) is 0 Å². The lowest BCUT2D eigenvalue weighted by Gasteiger charge is -2.21. The summed E-state index contributed by atoms with van der Waals surface area (Å²) in [6, 6.07) is 0.108. The van der Waals surface area contributed by atoms with Gasteiger partial charge in [0.25, 0.3) is 0 Å². The van der Waals surface area contributed by atoms with E-state index in [0.717, 1.165) is 11.3 Å². The number of halogens is 2. The fourth-order valence-electron chi connectivity index (χ4n) is 1.25. The highest BCUT2D eigenvalue weighted by Crippen LogP contribution is 2.35. The number of rotatable bonds is 3. The van der Waals surface area contributed by atoms with Crippen molar-refractivity contribution in [1.82, 2.24) is 5.32 Å². The fourth-order valence-corrected chi connectivity index (χ4v) is 2.78. The van der Waals surface area contributed by atoms with E-state index in [9.17, 15) is 9.59 Å². The first-order valence-electron chi connectivity index (χ1n) is 5.27. The molecule has 0 aromatic carbocycles. The number of amides is 1. The number of carboxylic acid groups (broad SMARTS) is 1. The molecule has 1 heterocycles. The smallest absolute Gasteiger partial charge is 0.408 e. The van der Waals surface area contributed by atoms with Gasteiger partial charge in [-0.3, -0.25) is 0 Å². The molecule has 0 saturated heterocycles. The van der Waals surface area contributed by atoms with Crippen LogP contribution in [0.25, 0.3) is 0 Å². The second-order valence-corrected chi connectivity index (χ2v) is 6.98. The molecule has 1 aromatic heterocycles. The molecule has 1 amide bonds. The highest BCUT2D eigenvalue weighted by atomic mass is 35.5. The van der Waals surface area contributed by atoms with Gasteiger partial charge in [0, 0.05) is 5.56 Å². The summed E-state index contributed by atoms with van der Waals surface area (Å²) in [6.07, 6.45) is -0.835. The average molecular weight is 326 g/mol. The van der Waals surface area contributed by atoms with Crippen LogP contribution in [0.1, 0.15) is 32.4 Å². The van der Waals surface area contributed by atoms with Crippen molar-refractivity contribution >= 4 is 46.6 Å². The molecule has 0 fully saturated rings. The predicted octanol–water partition coefficient (Wildman–Crippen LogP) is 3.71. The molecule has 19 heavy (non-hydrogen) atoms. The molecule has 2 N–H and O–H groups in total. The Morgan fingerprint density at radius 1 is 1.42 bits per heavy atom. The largest absolute Gasteiger partial charge is 0.479 e.